The normalized spacial score (nSPS) is 24.2. The lowest BCUT2D eigenvalue weighted by molar-refractivity contribution is -0.121. The van der Waals surface area contributed by atoms with Gasteiger partial charge in [0.15, 0.2) is 5.78 Å². The lowest BCUT2D eigenvalue weighted by atomic mass is 9.77. The summed E-state index contributed by atoms with van der Waals surface area (Å²) >= 11 is 0. The van der Waals surface area contributed by atoms with Gasteiger partial charge in [0, 0.05) is 11.0 Å². The molecular weight excluding hydrogens is 228 g/mol. The highest BCUT2D eigenvalue weighted by Gasteiger charge is 2.43. The zero-order chi connectivity index (χ0) is 13.1. The van der Waals surface area contributed by atoms with Crippen LogP contribution in [-0.2, 0) is 10.2 Å². The van der Waals surface area contributed by atoms with Crippen LogP contribution in [-0.4, -0.2) is 22.1 Å². The Morgan fingerprint density at radius 2 is 2.00 bits per heavy atom. The fourth-order valence-corrected chi connectivity index (χ4v) is 2.93. The van der Waals surface area contributed by atoms with Crippen LogP contribution in [0.25, 0.3) is 5.57 Å². The highest BCUT2D eigenvalue weighted by molar-refractivity contribution is 6.14. The van der Waals surface area contributed by atoms with E-state index in [1.165, 1.54) is 6.08 Å². The molecule has 1 unspecified atom stereocenters. The molecule has 0 heterocycles. The average molecular weight is 242 g/mol. The minimum absolute atomic E-state index is 0.193. The van der Waals surface area contributed by atoms with E-state index in [9.17, 15) is 15.0 Å². The van der Waals surface area contributed by atoms with Gasteiger partial charge in [-0.2, -0.15) is 0 Å². The number of aromatic hydroxyl groups is 1. The van der Waals surface area contributed by atoms with Crippen molar-refractivity contribution >= 4 is 11.4 Å². The van der Waals surface area contributed by atoms with E-state index in [1.54, 1.807) is 18.2 Å². The fourth-order valence-electron chi connectivity index (χ4n) is 2.93. The van der Waals surface area contributed by atoms with Gasteiger partial charge in [0.2, 0.25) is 0 Å². The van der Waals surface area contributed by atoms with Gasteiger partial charge >= 0.3 is 0 Å². The van der Waals surface area contributed by atoms with Crippen molar-refractivity contribution in [3.8, 4) is 5.75 Å². The first-order chi connectivity index (χ1) is 8.43. The van der Waals surface area contributed by atoms with Crippen molar-refractivity contribution in [3.63, 3.8) is 0 Å². The summed E-state index contributed by atoms with van der Waals surface area (Å²) in [5.41, 5.74) is 2.92. The topological polar surface area (TPSA) is 57.5 Å². The number of phenols is 1. The number of hydrogen-bond donors (Lipinski definition) is 2. The Hall–Kier alpha value is -1.87. The predicted molar refractivity (Wildman–Crippen MR) is 68.2 cm³/mol. The number of fused-ring (bicyclic) bond motifs is 2. The van der Waals surface area contributed by atoms with Crippen LogP contribution in [0.2, 0.25) is 0 Å². The molecule has 0 fully saturated rings. The summed E-state index contributed by atoms with van der Waals surface area (Å²) in [4.78, 5) is 12.2. The van der Waals surface area contributed by atoms with Gasteiger partial charge < -0.3 is 10.2 Å². The summed E-state index contributed by atoms with van der Waals surface area (Å²) in [6, 6.07) is 5.14. The van der Waals surface area contributed by atoms with Gasteiger partial charge in [-0.05, 0) is 34.9 Å². The number of aliphatic hydroxyl groups excluding tert-OH is 1. The maximum Gasteiger partial charge on any atom is 0.192 e. The Kier molecular flexibility index (Phi) is 2.08. The van der Waals surface area contributed by atoms with E-state index in [0.29, 0.717) is 5.57 Å². The van der Waals surface area contributed by atoms with Crippen LogP contribution in [0, 0.1) is 0 Å². The van der Waals surface area contributed by atoms with E-state index in [1.807, 2.05) is 19.9 Å². The molecule has 3 nitrogen and oxygen atoms in total. The molecule has 2 aliphatic rings. The number of aliphatic hydroxyl groups is 1. The lowest BCUT2D eigenvalue weighted by Crippen LogP contribution is -2.31. The molecule has 18 heavy (non-hydrogen) atoms. The third kappa shape index (κ3) is 1.25. The molecule has 0 bridgehead atoms. The van der Waals surface area contributed by atoms with Crippen molar-refractivity contribution in [3.05, 3.63) is 47.1 Å². The van der Waals surface area contributed by atoms with Gasteiger partial charge in [-0.25, -0.2) is 0 Å². The van der Waals surface area contributed by atoms with Crippen LogP contribution in [0.3, 0.4) is 0 Å². The molecule has 3 heteroatoms. The van der Waals surface area contributed by atoms with Crippen LogP contribution in [0.15, 0.2) is 35.9 Å². The zero-order valence-electron chi connectivity index (χ0n) is 10.3. The lowest BCUT2D eigenvalue weighted by Gasteiger charge is -2.25. The maximum atomic E-state index is 12.2. The molecule has 1 aromatic carbocycles. The molecule has 0 amide bonds. The van der Waals surface area contributed by atoms with E-state index >= 15 is 0 Å². The van der Waals surface area contributed by atoms with Crippen LogP contribution < -0.4 is 0 Å². The standard InChI is InChI=1S/C15H14O3/c1-15(2)11-7-8(16)3-4-9(11)10-5-6-12(17)14(18)13(10)15/h3-7,12,16-17H,1-2H3. The smallest absolute Gasteiger partial charge is 0.192 e. The fraction of sp³-hybridized carbons (Fsp3) is 0.267. The molecule has 2 aliphatic carbocycles. The Labute approximate surface area is 105 Å². The first-order valence-corrected chi connectivity index (χ1v) is 5.92. The van der Waals surface area contributed by atoms with E-state index in [0.717, 1.165) is 16.7 Å². The molecule has 2 N–H and O–H groups in total. The van der Waals surface area contributed by atoms with Crippen molar-refractivity contribution in [2.75, 3.05) is 0 Å². The Morgan fingerprint density at radius 1 is 1.28 bits per heavy atom. The number of carbonyl (C=O) groups is 1. The molecule has 3 rings (SSSR count). The van der Waals surface area contributed by atoms with Crippen molar-refractivity contribution < 1.29 is 15.0 Å². The molecule has 1 atom stereocenters. The average Bonchev–Trinajstić information content (AvgIpc) is 2.53. The van der Waals surface area contributed by atoms with Gasteiger partial charge in [-0.15, -0.1) is 0 Å². The molecule has 0 aromatic heterocycles. The largest absolute Gasteiger partial charge is 0.508 e. The summed E-state index contributed by atoms with van der Waals surface area (Å²) in [5, 5.41) is 19.3. The number of rotatable bonds is 0. The van der Waals surface area contributed by atoms with Gasteiger partial charge in [0.25, 0.3) is 0 Å². The van der Waals surface area contributed by atoms with Crippen molar-refractivity contribution in [2.24, 2.45) is 0 Å². The Balaban J connectivity index is 2.30. The third-order valence-electron chi connectivity index (χ3n) is 3.82. The van der Waals surface area contributed by atoms with Crippen molar-refractivity contribution in [1.82, 2.24) is 0 Å². The van der Waals surface area contributed by atoms with Crippen LogP contribution >= 0.6 is 0 Å². The number of hydrogen-bond acceptors (Lipinski definition) is 3. The second kappa shape index (κ2) is 3.33. The minimum atomic E-state index is -1.05. The van der Waals surface area contributed by atoms with Gasteiger partial charge in [0.05, 0.1) is 0 Å². The number of ketones is 1. The van der Waals surface area contributed by atoms with Crippen molar-refractivity contribution in [1.29, 1.82) is 0 Å². The molecule has 0 saturated heterocycles. The van der Waals surface area contributed by atoms with Crippen LogP contribution in [0.5, 0.6) is 5.75 Å². The second-order valence-corrected chi connectivity index (χ2v) is 5.31. The van der Waals surface area contributed by atoms with E-state index < -0.39 is 11.5 Å². The molecule has 0 saturated carbocycles. The molecule has 92 valence electrons. The predicted octanol–water partition coefficient (Wildman–Crippen LogP) is 1.94. The van der Waals surface area contributed by atoms with Crippen LogP contribution in [0.4, 0.5) is 0 Å². The summed E-state index contributed by atoms with van der Waals surface area (Å²) in [7, 11) is 0. The van der Waals surface area contributed by atoms with Gasteiger partial charge in [0.1, 0.15) is 11.9 Å². The Bertz CT molecular complexity index is 621. The highest BCUT2D eigenvalue weighted by atomic mass is 16.3. The number of allylic oxidation sites excluding steroid dienone is 2. The molecule has 0 spiro atoms. The molecular formula is C15H14O3. The SMILES string of the molecule is CC1(C)C2=C(C=CC(O)C2=O)c2ccc(O)cc21. The summed E-state index contributed by atoms with van der Waals surface area (Å²) in [6.07, 6.45) is 2.26. The minimum Gasteiger partial charge on any atom is -0.508 e. The monoisotopic (exact) mass is 242 g/mol. The van der Waals surface area contributed by atoms with Crippen molar-refractivity contribution in [2.45, 2.75) is 25.4 Å². The van der Waals surface area contributed by atoms with E-state index in [4.69, 9.17) is 0 Å². The van der Waals surface area contributed by atoms with Gasteiger partial charge in [-0.3, -0.25) is 4.79 Å². The zero-order valence-corrected chi connectivity index (χ0v) is 10.3. The molecule has 1 aromatic rings. The maximum absolute atomic E-state index is 12.2. The summed E-state index contributed by atoms with van der Waals surface area (Å²) < 4.78 is 0. The Morgan fingerprint density at radius 3 is 2.72 bits per heavy atom. The number of carbonyl (C=O) groups excluding carboxylic acids is 1. The second-order valence-electron chi connectivity index (χ2n) is 5.31. The van der Waals surface area contributed by atoms with E-state index in [-0.39, 0.29) is 11.5 Å². The number of phenolic OH excluding ortho intramolecular Hbond substituents is 1. The highest BCUT2D eigenvalue weighted by Crippen LogP contribution is 2.49. The van der Waals surface area contributed by atoms with E-state index in [2.05, 4.69) is 0 Å². The van der Waals surface area contributed by atoms with Gasteiger partial charge in [-0.1, -0.05) is 26.0 Å². The quantitative estimate of drug-likeness (QED) is 0.731. The third-order valence-corrected chi connectivity index (χ3v) is 3.82. The summed E-state index contributed by atoms with van der Waals surface area (Å²) in [6.45, 7) is 3.88. The molecule has 0 aliphatic heterocycles. The summed E-state index contributed by atoms with van der Waals surface area (Å²) in [5.74, 6) is -0.0492. The first kappa shape index (κ1) is 11.2. The number of Topliss-reactive ketones (excluding diaryl/α,β-unsaturated/α-hetero) is 1. The first-order valence-electron chi connectivity index (χ1n) is 5.92. The van der Waals surface area contributed by atoms with Crippen LogP contribution in [0.1, 0.15) is 25.0 Å². The molecule has 0 radical (unpaired) electrons. The number of benzene rings is 1.